The Morgan fingerprint density at radius 3 is 2.68 bits per heavy atom. The number of carbonyl (C=O) groups is 1. The van der Waals surface area contributed by atoms with Crippen LogP contribution in [0.1, 0.15) is 39.0 Å². The first kappa shape index (κ1) is 14.9. The lowest BCUT2D eigenvalue weighted by molar-refractivity contribution is -0.128. The first-order valence-electron chi connectivity index (χ1n) is 8.22. The summed E-state index contributed by atoms with van der Waals surface area (Å²) in [6.45, 7) is 1.99. The molecule has 0 aliphatic heterocycles. The van der Waals surface area contributed by atoms with E-state index in [2.05, 4.69) is 17.4 Å². The summed E-state index contributed by atoms with van der Waals surface area (Å²) in [6, 6.07) is 14.4. The Hall–Kier alpha value is -2.03. The number of amides is 1. The molecule has 0 heterocycles. The molecule has 0 saturated heterocycles. The van der Waals surface area contributed by atoms with Gasteiger partial charge in [-0.05, 0) is 30.7 Å². The van der Waals surface area contributed by atoms with Crippen LogP contribution in [0.25, 0.3) is 10.8 Å². The first-order valence-corrected chi connectivity index (χ1v) is 8.22. The van der Waals surface area contributed by atoms with Crippen molar-refractivity contribution in [1.29, 1.82) is 0 Å². The molecule has 3 rings (SSSR count). The van der Waals surface area contributed by atoms with Crippen LogP contribution in [0, 0.1) is 0 Å². The third kappa shape index (κ3) is 3.24. The van der Waals surface area contributed by atoms with E-state index in [1.165, 1.54) is 12.8 Å². The van der Waals surface area contributed by atoms with Crippen LogP contribution in [0.4, 0.5) is 0 Å². The van der Waals surface area contributed by atoms with Gasteiger partial charge in [-0.15, -0.1) is 0 Å². The highest BCUT2D eigenvalue weighted by Gasteiger charge is 2.24. The van der Waals surface area contributed by atoms with Crippen molar-refractivity contribution in [3.05, 3.63) is 42.5 Å². The van der Waals surface area contributed by atoms with Crippen molar-refractivity contribution in [2.45, 2.75) is 51.2 Å². The minimum Gasteiger partial charge on any atom is -0.480 e. The molecule has 1 aliphatic carbocycles. The lowest BCUT2D eigenvalue weighted by Crippen LogP contribution is -2.42. The van der Waals surface area contributed by atoms with Gasteiger partial charge in [0, 0.05) is 11.4 Å². The van der Waals surface area contributed by atoms with Crippen LogP contribution in [0.5, 0.6) is 5.75 Å². The van der Waals surface area contributed by atoms with E-state index in [-0.39, 0.29) is 5.91 Å². The number of ether oxygens (including phenoxy) is 1. The molecule has 2 aromatic carbocycles. The second-order valence-corrected chi connectivity index (χ2v) is 5.98. The van der Waals surface area contributed by atoms with Gasteiger partial charge in [-0.1, -0.05) is 56.2 Å². The van der Waals surface area contributed by atoms with Crippen molar-refractivity contribution in [1.82, 2.24) is 5.32 Å². The van der Waals surface area contributed by atoms with Gasteiger partial charge in [0.1, 0.15) is 5.75 Å². The molecular weight excluding hydrogens is 274 g/mol. The average molecular weight is 297 g/mol. The SMILES string of the molecule is CC[C@@H](Oc1cccc2ccccc12)C(=O)NC1CCCC1. The van der Waals surface area contributed by atoms with Crippen LogP contribution in [0.15, 0.2) is 42.5 Å². The number of rotatable bonds is 5. The highest BCUT2D eigenvalue weighted by Crippen LogP contribution is 2.26. The van der Waals surface area contributed by atoms with E-state index in [1.54, 1.807) is 0 Å². The number of nitrogens with one attached hydrogen (secondary N) is 1. The van der Waals surface area contributed by atoms with Crippen LogP contribution < -0.4 is 10.1 Å². The van der Waals surface area contributed by atoms with Gasteiger partial charge >= 0.3 is 0 Å². The van der Waals surface area contributed by atoms with Crippen molar-refractivity contribution in [3.63, 3.8) is 0 Å². The van der Waals surface area contributed by atoms with Crippen LogP contribution in [-0.2, 0) is 4.79 Å². The third-order valence-electron chi connectivity index (χ3n) is 4.38. The van der Waals surface area contributed by atoms with Crippen molar-refractivity contribution in [2.24, 2.45) is 0 Å². The topological polar surface area (TPSA) is 38.3 Å². The molecule has 0 aromatic heterocycles. The maximum atomic E-state index is 12.4. The molecule has 1 atom stereocenters. The predicted molar refractivity (Wildman–Crippen MR) is 89.1 cm³/mol. The second kappa shape index (κ2) is 6.82. The number of hydrogen-bond donors (Lipinski definition) is 1. The van der Waals surface area contributed by atoms with Crippen molar-refractivity contribution in [3.8, 4) is 5.75 Å². The summed E-state index contributed by atoms with van der Waals surface area (Å²) in [5.74, 6) is 0.800. The molecule has 0 spiro atoms. The molecular formula is C19H23NO2. The molecule has 1 fully saturated rings. The van der Waals surface area contributed by atoms with Gasteiger partial charge in [0.15, 0.2) is 6.10 Å². The molecule has 116 valence electrons. The third-order valence-corrected chi connectivity index (χ3v) is 4.38. The lowest BCUT2D eigenvalue weighted by atomic mass is 10.1. The quantitative estimate of drug-likeness (QED) is 0.904. The van der Waals surface area contributed by atoms with Gasteiger partial charge in [-0.25, -0.2) is 0 Å². The number of hydrogen-bond acceptors (Lipinski definition) is 2. The summed E-state index contributed by atoms with van der Waals surface area (Å²) in [4.78, 5) is 12.4. The highest BCUT2D eigenvalue weighted by molar-refractivity contribution is 5.89. The Balaban J connectivity index is 1.74. The lowest BCUT2D eigenvalue weighted by Gasteiger charge is -2.21. The standard InChI is InChI=1S/C19H23NO2/c1-2-17(19(21)20-15-10-4-5-11-15)22-18-13-7-9-14-8-3-6-12-16(14)18/h3,6-9,12-13,15,17H,2,4-5,10-11H2,1H3,(H,20,21)/t17-/m1/s1. The van der Waals surface area contributed by atoms with Gasteiger partial charge in [-0.2, -0.15) is 0 Å². The Bertz CT molecular complexity index is 641. The van der Waals surface area contributed by atoms with Gasteiger partial charge in [-0.3, -0.25) is 4.79 Å². The fraction of sp³-hybridized carbons (Fsp3) is 0.421. The molecule has 3 heteroatoms. The molecule has 0 bridgehead atoms. The van der Waals surface area contributed by atoms with Gasteiger partial charge < -0.3 is 10.1 Å². The predicted octanol–water partition coefficient (Wildman–Crippen LogP) is 4.06. The van der Waals surface area contributed by atoms with Crippen LogP contribution in [0.2, 0.25) is 0 Å². The molecule has 0 unspecified atom stereocenters. The molecule has 2 aromatic rings. The summed E-state index contributed by atoms with van der Waals surface area (Å²) in [6.07, 6.45) is 4.86. The molecule has 1 N–H and O–H groups in total. The average Bonchev–Trinajstić information content (AvgIpc) is 3.05. The monoisotopic (exact) mass is 297 g/mol. The molecule has 1 aliphatic rings. The molecule has 1 saturated carbocycles. The van der Waals surface area contributed by atoms with E-state index in [1.807, 2.05) is 37.3 Å². The van der Waals surface area contributed by atoms with Gasteiger partial charge in [0.2, 0.25) is 0 Å². The Kier molecular flexibility index (Phi) is 4.62. The van der Waals surface area contributed by atoms with E-state index in [0.717, 1.165) is 29.4 Å². The summed E-state index contributed by atoms with van der Waals surface area (Å²) in [7, 11) is 0. The van der Waals surface area contributed by atoms with Crippen molar-refractivity contribution >= 4 is 16.7 Å². The van der Waals surface area contributed by atoms with E-state index in [0.29, 0.717) is 12.5 Å². The van der Waals surface area contributed by atoms with Crippen LogP contribution >= 0.6 is 0 Å². The van der Waals surface area contributed by atoms with Crippen LogP contribution in [0.3, 0.4) is 0 Å². The first-order chi connectivity index (χ1) is 10.8. The molecule has 22 heavy (non-hydrogen) atoms. The Morgan fingerprint density at radius 2 is 1.91 bits per heavy atom. The second-order valence-electron chi connectivity index (χ2n) is 5.98. The largest absolute Gasteiger partial charge is 0.480 e. The van der Waals surface area contributed by atoms with Gasteiger partial charge in [0.05, 0.1) is 0 Å². The zero-order valence-electron chi connectivity index (χ0n) is 13.0. The Morgan fingerprint density at radius 1 is 1.18 bits per heavy atom. The minimum atomic E-state index is -0.425. The van der Waals surface area contributed by atoms with Crippen molar-refractivity contribution in [2.75, 3.05) is 0 Å². The summed E-state index contributed by atoms with van der Waals surface area (Å²) in [5.41, 5.74) is 0. The Labute approximate surface area is 131 Å². The fourth-order valence-corrected chi connectivity index (χ4v) is 3.14. The van der Waals surface area contributed by atoms with Crippen LogP contribution in [-0.4, -0.2) is 18.1 Å². The molecule has 0 radical (unpaired) electrons. The smallest absolute Gasteiger partial charge is 0.261 e. The fourth-order valence-electron chi connectivity index (χ4n) is 3.14. The molecule has 1 amide bonds. The number of benzene rings is 2. The van der Waals surface area contributed by atoms with E-state index < -0.39 is 6.10 Å². The minimum absolute atomic E-state index is 0.0161. The normalized spacial score (nSPS) is 16.6. The highest BCUT2D eigenvalue weighted by atomic mass is 16.5. The maximum absolute atomic E-state index is 12.4. The molecule has 3 nitrogen and oxygen atoms in total. The summed E-state index contributed by atoms with van der Waals surface area (Å²) < 4.78 is 6.04. The van der Waals surface area contributed by atoms with Gasteiger partial charge in [0.25, 0.3) is 5.91 Å². The zero-order chi connectivity index (χ0) is 15.4. The van der Waals surface area contributed by atoms with E-state index >= 15 is 0 Å². The number of fused-ring (bicyclic) bond motifs is 1. The summed E-state index contributed by atoms with van der Waals surface area (Å²) in [5, 5.41) is 5.32. The van der Waals surface area contributed by atoms with Crippen molar-refractivity contribution < 1.29 is 9.53 Å². The zero-order valence-corrected chi connectivity index (χ0v) is 13.0. The number of carbonyl (C=O) groups excluding carboxylic acids is 1. The summed E-state index contributed by atoms with van der Waals surface area (Å²) >= 11 is 0. The maximum Gasteiger partial charge on any atom is 0.261 e. The van der Waals surface area contributed by atoms with E-state index in [9.17, 15) is 4.79 Å². The van der Waals surface area contributed by atoms with E-state index in [4.69, 9.17) is 4.74 Å².